The number of aliphatic imine (C=N–C) groups is 1. The van der Waals surface area contributed by atoms with Crippen LogP contribution >= 0.6 is 23.2 Å². The number of hydrogen-bond donors (Lipinski definition) is 0. The number of ether oxygens (including phenoxy) is 1. The average molecular weight is 429 g/mol. The van der Waals surface area contributed by atoms with Crippen molar-refractivity contribution in [3.63, 3.8) is 0 Å². The fraction of sp³-hybridized carbons (Fsp3) is 0.100. The molecule has 1 aliphatic heterocycles. The topological polar surface area (TPSA) is 80.3 Å². The lowest BCUT2D eigenvalue weighted by atomic mass is 10.2. The van der Waals surface area contributed by atoms with Gasteiger partial charge >= 0.3 is 0 Å². The van der Waals surface area contributed by atoms with Gasteiger partial charge in [0.25, 0.3) is 5.56 Å². The summed E-state index contributed by atoms with van der Waals surface area (Å²) in [6.07, 6.45) is 3.34. The molecule has 1 aliphatic rings. The first kappa shape index (κ1) is 19.1. The van der Waals surface area contributed by atoms with E-state index in [1.54, 1.807) is 6.21 Å². The third-order valence-electron chi connectivity index (χ3n) is 4.31. The summed E-state index contributed by atoms with van der Waals surface area (Å²) in [7, 11) is 0. The van der Waals surface area contributed by atoms with E-state index in [0.29, 0.717) is 17.8 Å². The first-order valence-electron chi connectivity index (χ1n) is 8.42. The van der Waals surface area contributed by atoms with E-state index in [9.17, 15) is 4.79 Å². The number of nitrogens with zero attached hydrogens (tertiary/aromatic N) is 4. The predicted octanol–water partition coefficient (Wildman–Crippen LogP) is 4.66. The molecule has 0 spiro atoms. The van der Waals surface area contributed by atoms with Gasteiger partial charge in [-0.1, -0.05) is 29.3 Å². The highest BCUT2D eigenvalue weighted by Crippen LogP contribution is 2.35. The molecule has 0 bridgehead atoms. The summed E-state index contributed by atoms with van der Waals surface area (Å²) in [5.41, 5.74) is 0.645. The molecule has 0 fully saturated rings. The van der Waals surface area contributed by atoms with Crippen molar-refractivity contribution in [2.75, 3.05) is 0 Å². The minimum absolute atomic E-state index is 0.0394. The second-order valence-electron chi connectivity index (χ2n) is 6.23. The first-order valence-corrected chi connectivity index (χ1v) is 9.18. The van der Waals surface area contributed by atoms with Gasteiger partial charge in [-0.2, -0.15) is 5.26 Å². The Morgan fingerprint density at radius 1 is 1.28 bits per heavy atom. The van der Waals surface area contributed by atoms with Crippen molar-refractivity contribution in [2.24, 2.45) is 4.99 Å². The van der Waals surface area contributed by atoms with Crippen LogP contribution in [0.4, 0.5) is 10.2 Å². The van der Waals surface area contributed by atoms with Crippen LogP contribution in [0.25, 0.3) is 0 Å². The first-order chi connectivity index (χ1) is 14.0. The maximum absolute atomic E-state index is 15.1. The Balaban J connectivity index is 1.69. The van der Waals surface area contributed by atoms with Crippen molar-refractivity contribution in [2.45, 2.75) is 13.0 Å². The summed E-state index contributed by atoms with van der Waals surface area (Å²) < 4.78 is 22.0. The molecule has 0 unspecified atom stereocenters. The van der Waals surface area contributed by atoms with Crippen LogP contribution in [0.2, 0.25) is 10.0 Å². The summed E-state index contributed by atoms with van der Waals surface area (Å²) in [5.74, 6) is -0.387. The van der Waals surface area contributed by atoms with Crippen LogP contribution < -0.4 is 10.3 Å². The third kappa shape index (κ3) is 3.73. The van der Waals surface area contributed by atoms with Gasteiger partial charge in [-0.3, -0.25) is 9.36 Å². The molecular weight excluding hydrogens is 418 g/mol. The summed E-state index contributed by atoms with van der Waals surface area (Å²) in [6.45, 7) is -0.0581. The lowest BCUT2D eigenvalue weighted by Gasteiger charge is -2.13. The Kier molecular flexibility index (Phi) is 5.05. The molecule has 9 heteroatoms. The molecule has 0 amide bonds. The summed E-state index contributed by atoms with van der Waals surface area (Å²) in [4.78, 5) is 20.7. The molecule has 144 valence electrons. The zero-order valence-electron chi connectivity index (χ0n) is 14.7. The molecule has 6 nitrogen and oxygen atoms in total. The fourth-order valence-corrected chi connectivity index (χ4v) is 3.34. The third-order valence-corrected chi connectivity index (χ3v) is 4.82. The van der Waals surface area contributed by atoms with Crippen LogP contribution in [0.5, 0.6) is 11.5 Å². The number of halogens is 3. The number of nitriles is 1. The zero-order chi connectivity index (χ0) is 20.5. The molecule has 29 heavy (non-hydrogen) atoms. The molecular formula is C20H11Cl2FN4O2. The maximum atomic E-state index is 15.1. The standard InChI is InChI=1S/C20H11Cl2FN4O2/c21-13-5-11(8-24)6-14(7-13)29-18-16(22)2-1-12(17(18)23)9-27-10-26-19-15(20(27)28)3-4-25-19/h1-2,4-7,10H,3,9H2. The monoisotopic (exact) mass is 428 g/mol. The van der Waals surface area contributed by atoms with Gasteiger partial charge in [0.1, 0.15) is 12.1 Å². The molecule has 0 aliphatic carbocycles. The van der Waals surface area contributed by atoms with Crippen molar-refractivity contribution < 1.29 is 9.13 Å². The summed E-state index contributed by atoms with van der Waals surface area (Å²) >= 11 is 12.1. The van der Waals surface area contributed by atoms with Gasteiger partial charge in [0.2, 0.25) is 0 Å². The fourth-order valence-electron chi connectivity index (χ4n) is 2.93. The van der Waals surface area contributed by atoms with Gasteiger partial charge in [0.05, 0.1) is 28.8 Å². The molecule has 4 rings (SSSR count). The lowest BCUT2D eigenvalue weighted by Crippen LogP contribution is -2.24. The number of hydrogen-bond acceptors (Lipinski definition) is 5. The number of benzene rings is 2. The van der Waals surface area contributed by atoms with E-state index in [0.717, 1.165) is 0 Å². The van der Waals surface area contributed by atoms with Crippen LogP contribution in [0.15, 0.2) is 46.4 Å². The Bertz CT molecular complexity index is 1260. The largest absolute Gasteiger partial charge is 0.453 e. The Morgan fingerprint density at radius 3 is 2.90 bits per heavy atom. The molecule has 1 aromatic heterocycles. The molecule has 0 atom stereocenters. The minimum atomic E-state index is -0.723. The van der Waals surface area contributed by atoms with E-state index in [-0.39, 0.29) is 44.8 Å². The highest BCUT2D eigenvalue weighted by atomic mass is 35.5. The Hall–Kier alpha value is -3.21. The predicted molar refractivity (Wildman–Crippen MR) is 107 cm³/mol. The molecule has 2 heterocycles. The van der Waals surface area contributed by atoms with Crippen molar-refractivity contribution in [3.8, 4) is 17.6 Å². The van der Waals surface area contributed by atoms with Crippen LogP contribution in [0.3, 0.4) is 0 Å². The van der Waals surface area contributed by atoms with Gasteiger partial charge < -0.3 is 4.74 Å². The van der Waals surface area contributed by atoms with Gasteiger partial charge in [-0.05, 0) is 24.3 Å². The smallest absolute Gasteiger partial charge is 0.259 e. The van der Waals surface area contributed by atoms with Gasteiger partial charge in [0.15, 0.2) is 17.4 Å². The highest BCUT2D eigenvalue weighted by molar-refractivity contribution is 6.32. The SMILES string of the molecule is N#Cc1cc(Cl)cc(Oc2c(Cl)ccc(Cn3cnc4c(c3=O)CC=N4)c2F)c1. The average Bonchev–Trinajstić information content (AvgIpc) is 3.18. The van der Waals surface area contributed by atoms with Crippen molar-refractivity contribution >= 4 is 35.2 Å². The van der Waals surface area contributed by atoms with E-state index in [1.807, 2.05) is 6.07 Å². The molecule has 0 saturated heterocycles. The van der Waals surface area contributed by atoms with Crippen molar-refractivity contribution in [1.29, 1.82) is 5.26 Å². The van der Waals surface area contributed by atoms with Crippen molar-refractivity contribution in [1.82, 2.24) is 9.55 Å². The van der Waals surface area contributed by atoms with Gasteiger partial charge in [-0.15, -0.1) is 0 Å². The lowest BCUT2D eigenvalue weighted by molar-refractivity contribution is 0.437. The molecule has 0 N–H and O–H groups in total. The maximum Gasteiger partial charge on any atom is 0.259 e. The van der Waals surface area contributed by atoms with E-state index in [1.165, 1.54) is 41.2 Å². The normalized spacial score (nSPS) is 11.9. The number of rotatable bonds is 4. The molecule has 0 saturated carbocycles. The van der Waals surface area contributed by atoms with E-state index < -0.39 is 5.82 Å². The summed E-state index contributed by atoms with van der Waals surface area (Å²) in [5, 5.41) is 9.36. The quantitative estimate of drug-likeness (QED) is 0.604. The van der Waals surface area contributed by atoms with Crippen molar-refractivity contribution in [3.05, 3.63) is 79.6 Å². The Morgan fingerprint density at radius 2 is 2.10 bits per heavy atom. The zero-order valence-corrected chi connectivity index (χ0v) is 16.2. The van der Waals surface area contributed by atoms with Crippen LogP contribution in [-0.2, 0) is 13.0 Å². The van der Waals surface area contributed by atoms with Crippen LogP contribution in [0.1, 0.15) is 16.7 Å². The minimum Gasteiger partial charge on any atom is -0.453 e. The number of fused-ring (bicyclic) bond motifs is 1. The molecule has 2 aromatic carbocycles. The second-order valence-corrected chi connectivity index (χ2v) is 7.08. The van der Waals surface area contributed by atoms with Crippen LogP contribution in [0, 0.1) is 17.1 Å². The summed E-state index contributed by atoms with van der Waals surface area (Å²) in [6, 6.07) is 9.21. The van der Waals surface area contributed by atoms with E-state index in [2.05, 4.69) is 9.98 Å². The van der Waals surface area contributed by atoms with E-state index in [4.69, 9.17) is 33.2 Å². The van der Waals surface area contributed by atoms with Crippen LogP contribution in [-0.4, -0.2) is 15.8 Å². The molecule has 3 aromatic rings. The Labute approximate surface area is 174 Å². The van der Waals surface area contributed by atoms with Gasteiger partial charge in [-0.25, -0.2) is 14.4 Å². The molecule has 0 radical (unpaired) electrons. The number of aromatic nitrogens is 2. The van der Waals surface area contributed by atoms with Gasteiger partial charge in [0, 0.05) is 23.2 Å². The second kappa shape index (κ2) is 7.66. The highest BCUT2D eigenvalue weighted by Gasteiger charge is 2.19. The van der Waals surface area contributed by atoms with E-state index >= 15 is 4.39 Å².